The number of carbonyl (C=O) groups is 1. The lowest BCUT2D eigenvalue weighted by Crippen LogP contribution is -2.46. The van der Waals surface area contributed by atoms with E-state index in [4.69, 9.17) is 4.74 Å². The Labute approximate surface area is 194 Å². The summed E-state index contributed by atoms with van der Waals surface area (Å²) in [4.78, 5) is 19.2. The molecule has 1 saturated heterocycles. The third-order valence-electron chi connectivity index (χ3n) is 6.05. The first-order valence-corrected chi connectivity index (χ1v) is 12.0. The van der Waals surface area contributed by atoms with Crippen molar-refractivity contribution in [1.29, 1.82) is 0 Å². The molecule has 0 bridgehead atoms. The molecule has 3 aromatic rings. The number of carbonyl (C=O) groups excluding carboxylic acids is 1. The number of hydrogen-bond donors (Lipinski definition) is 1. The van der Waals surface area contributed by atoms with E-state index in [1.807, 2.05) is 42.5 Å². The van der Waals surface area contributed by atoms with Crippen molar-refractivity contribution in [2.75, 3.05) is 45.7 Å². The van der Waals surface area contributed by atoms with Crippen molar-refractivity contribution >= 4 is 22.2 Å². The summed E-state index contributed by atoms with van der Waals surface area (Å²) in [7, 11) is 3.86. The topological polar surface area (TPSA) is 44.8 Å². The average molecular weight is 450 g/mol. The SMILES string of the molecule is CCc1cc([C@H](c2ccc(OC)cc2)N2CCN(C)CC2)c(NC(=O)c2ccccc2)s1. The van der Waals surface area contributed by atoms with Gasteiger partial charge in [0.05, 0.1) is 13.2 Å². The smallest absolute Gasteiger partial charge is 0.256 e. The Balaban J connectivity index is 1.72. The predicted octanol–water partition coefficient (Wildman–Crippen LogP) is 4.91. The summed E-state index contributed by atoms with van der Waals surface area (Å²) in [6, 6.07) is 20.1. The fourth-order valence-corrected chi connectivity index (χ4v) is 5.18. The number of nitrogens with zero attached hydrogens (tertiary/aromatic N) is 2. The van der Waals surface area contributed by atoms with Crippen LogP contribution in [0.25, 0.3) is 0 Å². The number of aryl methyl sites for hydroxylation is 1. The molecule has 168 valence electrons. The second-order valence-electron chi connectivity index (χ2n) is 8.19. The standard InChI is InChI=1S/C26H31N3O2S/c1-4-22-18-23(26(32-22)27-25(30)20-8-6-5-7-9-20)24(29-16-14-28(2)15-17-29)19-10-12-21(31-3)13-11-19/h5-13,18,24H,4,14-17H2,1-3H3,(H,27,30)/t24-/m0/s1. The molecule has 0 radical (unpaired) electrons. The lowest BCUT2D eigenvalue weighted by molar-refractivity contribution is 0.102. The minimum absolute atomic E-state index is 0.0665. The molecule has 2 heterocycles. The summed E-state index contributed by atoms with van der Waals surface area (Å²) in [5.41, 5.74) is 3.06. The van der Waals surface area contributed by atoms with Crippen LogP contribution in [-0.2, 0) is 6.42 Å². The van der Waals surface area contributed by atoms with Crippen molar-refractivity contribution < 1.29 is 9.53 Å². The zero-order valence-electron chi connectivity index (χ0n) is 19.0. The Bertz CT molecular complexity index is 1020. The Morgan fingerprint density at radius 3 is 2.38 bits per heavy atom. The molecule has 0 unspecified atom stereocenters. The van der Waals surface area contributed by atoms with Gasteiger partial charge in [-0.1, -0.05) is 37.3 Å². The molecule has 32 heavy (non-hydrogen) atoms. The van der Waals surface area contributed by atoms with Crippen LogP contribution >= 0.6 is 11.3 Å². The summed E-state index contributed by atoms with van der Waals surface area (Å²) in [6.45, 7) is 6.19. The third-order valence-corrected chi connectivity index (χ3v) is 7.26. The summed E-state index contributed by atoms with van der Waals surface area (Å²) >= 11 is 1.68. The Morgan fingerprint density at radius 1 is 1.06 bits per heavy atom. The van der Waals surface area contributed by atoms with Gasteiger partial charge in [0.15, 0.2) is 0 Å². The van der Waals surface area contributed by atoms with Crippen molar-refractivity contribution in [2.24, 2.45) is 0 Å². The highest BCUT2D eigenvalue weighted by Gasteiger charge is 2.29. The molecule has 0 spiro atoms. The second-order valence-corrected chi connectivity index (χ2v) is 9.32. The number of methoxy groups -OCH3 is 1. The number of rotatable bonds is 7. The van der Waals surface area contributed by atoms with E-state index in [1.54, 1.807) is 18.4 Å². The number of piperazine rings is 1. The van der Waals surface area contributed by atoms with Crippen LogP contribution in [0.3, 0.4) is 0 Å². The number of hydrogen-bond acceptors (Lipinski definition) is 5. The Kier molecular flexibility index (Phi) is 7.25. The summed E-state index contributed by atoms with van der Waals surface area (Å²) < 4.78 is 5.39. The van der Waals surface area contributed by atoms with Crippen LogP contribution in [0, 0.1) is 0 Å². The van der Waals surface area contributed by atoms with Gasteiger partial charge in [0, 0.05) is 42.2 Å². The first-order valence-electron chi connectivity index (χ1n) is 11.1. The fourth-order valence-electron chi connectivity index (χ4n) is 4.15. The molecule has 1 amide bonds. The van der Waals surface area contributed by atoms with Gasteiger partial charge in [0.1, 0.15) is 10.8 Å². The van der Waals surface area contributed by atoms with Crippen LogP contribution in [-0.4, -0.2) is 56.0 Å². The van der Waals surface area contributed by atoms with Gasteiger partial charge in [0.2, 0.25) is 0 Å². The summed E-state index contributed by atoms with van der Waals surface area (Å²) in [5.74, 6) is 0.784. The largest absolute Gasteiger partial charge is 0.497 e. The predicted molar refractivity (Wildman–Crippen MR) is 132 cm³/mol. The summed E-state index contributed by atoms with van der Waals surface area (Å²) in [6.07, 6.45) is 0.941. The second kappa shape index (κ2) is 10.3. The molecular weight excluding hydrogens is 418 g/mol. The zero-order chi connectivity index (χ0) is 22.5. The first kappa shape index (κ1) is 22.5. The minimum atomic E-state index is -0.0665. The van der Waals surface area contributed by atoms with E-state index in [-0.39, 0.29) is 11.9 Å². The van der Waals surface area contributed by atoms with E-state index in [0.717, 1.165) is 43.4 Å². The quantitative estimate of drug-likeness (QED) is 0.557. The minimum Gasteiger partial charge on any atom is -0.497 e. The highest BCUT2D eigenvalue weighted by molar-refractivity contribution is 7.16. The van der Waals surface area contributed by atoms with Crippen molar-refractivity contribution in [2.45, 2.75) is 19.4 Å². The van der Waals surface area contributed by atoms with Gasteiger partial charge in [-0.3, -0.25) is 9.69 Å². The van der Waals surface area contributed by atoms with E-state index in [2.05, 4.69) is 47.3 Å². The molecule has 1 atom stereocenters. The number of benzene rings is 2. The van der Waals surface area contributed by atoms with E-state index < -0.39 is 0 Å². The number of amides is 1. The maximum atomic E-state index is 13.0. The molecule has 0 saturated carbocycles. The Morgan fingerprint density at radius 2 is 1.75 bits per heavy atom. The molecule has 5 nitrogen and oxygen atoms in total. The number of likely N-dealkylation sites (N-methyl/N-ethyl adjacent to an activating group) is 1. The zero-order valence-corrected chi connectivity index (χ0v) is 19.8. The highest BCUT2D eigenvalue weighted by atomic mass is 32.1. The lowest BCUT2D eigenvalue weighted by atomic mass is 9.97. The van der Waals surface area contributed by atoms with Crippen molar-refractivity contribution in [3.63, 3.8) is 0 Å². The first-order chi connectivity index (χ1) is 15.6. The van der Waals surface area contributed by atoms with Crippen LogP contribution in [0.2, 0.25) is 0 Å². The molecule has 1 N–H and O–H groups in total. The van der Waals surface area contributed by atoms with Gasteiger partial charge < -0.3 is 15.0 Å². The maximum absolute atomic E-state index is 13.0. The van der Waals surface area contributed by atoms with Crippen LogP contribution in [0.5, 0.6) is 5.75 Å². The molecule has 1 aliphatic rings. The maximum Gasteiger partial charge on any atom is 0.256 e. The Hall–Kier alpha value is -2.67. The summed E-state index contributed by atoms with van der Waals surface area (Å²) in [5, 5.41) is 4.16. The van der Waals surface area contributed by atoms with Crippen LogP contribution < -0.4 is 10.1 Å². The monoisotopic (exact) mass is 449 g/mol. The number of ether oxygens (including phenoxy) is 1. The molecule has 4 rings (SSSR count). The third kappa shape index (κ3) is 5.04. The molecule has 1 fully saturated rings. The number of nitrogens with one attached hydrogen (secondary N) is 1. The van der Waals surface area contributed by atoms with Crippen molar-refractivity contribution in [3.8, 4) is 5.75 Å². The molecular formula is C26H31N3O2S. The van der Waals surface area contributed by atoms with Crippen molar-refractivity contribution in [3.05, 3.63) is 82.2 Å². The highest BCUT2D eigenvalue weighted by Crippen LogP contribution is 2.40. The molecule has 6 heteroatoms. The van der Waals surface area contributed by atoms with Crippen LogP contribution in [0.1, 0.15) is 39.3 Å². The molecule has 0 aliphatic carbocycles. The number of anilines is 1. The fraction of sp³-hybridized carbons (Fsp3) is 0.346. The molecule has 1 aromatic heterocycles. The van der Waals surface area contributed by atoms with Gasteiger partial charge in [-0.25, -0.2) is 0 Å². The van der Waals surface area contributed by atoms with E-state index >= 15 is 0 Å². The van der Waals surface area contributed by atoms with E-state index in [1.165, 1.54) is 16.0 Å². The van der Waals surface area contributed by atoms with Crippen LogP contribution in [0.4, 0.5) is 5.00 Å². The lowest BCUT2D eigenvalue weighted by Gasteiger charge is -2.38. The van der Waals surface area contributed by atoms with Gasteiger partial charge in [0.25, 0.3) is 5.91 Å². The molecule has 1 aliphatic heterocycles. The van der Waals surface area contributed by atoms with Crippen molar-refractivity contribution in [1.82, 2.24) is 9.80 Å². The average Bonchev–Trinajstić information content (AvgIpc) is 3.23. The van der Waals surface area contributed by atoms with Crippen LogP contribution in [0.15, 0.2) is 60.7 Å². The van der Waals surface area contributed by atoms with E-state index in [0.29, 0.717) is 5.56 Å². The number of thiophene rings is 1. The van der Waals surface area contributed by atoms with Gasteiger partial charge in [-0.15, -0.1) is 11.3 Å². The van der Waals surface area contributed by atoms with Gasteiger partial charge in [-0.2, -0.15) is 0 Å². The molecule has 2 aromatic carbocycles. The van der Waals surface area contributed by atoms with E-state index in [9.17, 15) is 4.79 Å². The van der Waals surface area contributed by atoms with Gasteiger partial charge >= 0.3 is 0 Å². The normalized spacial score (nSPS) is 16.0. The van der Waals surface area contributed by atoms with Gasteiger partial charge in [-0.05, 0) is 49.4 Å².